The number of nitrogens with zero attached hydrogens (tertiary/aromatic N) is 1. The van der Waals surface area contributed by atoms with Crippen LogP contribution in [0.4, 0.5) is 11.5 Å². The van der Waals surface area contributed by atoms with Crippen molar-refractivity contribution >= 4 is 39.2 Å². The van der Waals surface area contributed by atoms with Gasteiger partial charge in [-0.2, -0.15) is 0 Å². The summed E-state index contributed by atoms with van der Waals surface area (Å²) in [5, 5.41) is 3.33. The lowest BCUT2D eigenvalue weighted by Crippen LogP contribution is -1.96. The van der Waals surface area contributed by atoms with Crippen LogP contribution >= 0.6 is 27.7 Å². The van der Waals surface area contributed by atoms with E-state index in [1.54, 1.807) is 18.0 Å². The van der Waals surface area contributed by atoms with Crippen LogP contribution in [0.2, 0.25) is 0 Å². The second kappa shape index (κ2) is 5.56. The van der Waals surface area contributed by atoms with E-state index in [0.29, 0.717) is 0 Å². The van der Waals surface area contributed by atoms with Crippen molar-refractivity contribution in [3.63, 3.8) is 0 Å². The largest absolute Gasteiger partial charge is 0.340 e. The van der Waals surface area contributed by atoms with Gasteiger partial charge in [0.25, 0.3) is 0 Å². The molecule has 4 heteroatoms. The molecule has 0 amide bonds. The molecule has 0 aliphatic heterocycles. The Bertz CT molecular complexity index is 529. The summed E-state index contributed by atoms with van der Waals surface area (Å²) in [6.45, 7) is 2.04. The molecule has 17 heavy (non-hydrogen) atoms. The number of hydrogen-bond donors (Lipinski definition) is 1. The van der Waals surface area contributed by atoms with Crippen LogP contribution in [0.15, 0.2) is 45.9 Å². The Kier molecular flexibility index (Phi) is 4.07. The van der Waals surface area contributed by atoms with Crippen LogP contribution in [0.1, 0.15) is 5.56 Å². The average Bonchev–Trinajstić information content (AvgIpc) is 2.33. The Balaban J connectivity index is 2.25. The van der Waals surface area contributed by atoms with E-state index in [4.69, 9.17) is 0 Å². The fourth-order valence-electron chi connectivity index (χ4n) is 1.51. The molecule has 0 aliphatic rings. The van der Waals surface area contributed by atoms with Gasteiger partial charge in [0.15, 0.2) is 0 Å². The monoisotopic (exact) mass is 308 g/mol. The zero-order chi connectivity index (χ0) is 12.3. The van der Waals surface area contributed by atoms with Crippen molar-refractivity contribution in [3.8, 4) is 0 Å². The Labute approximate surface area is 114 Å². The van der Waals surface area contributed by atoms with Crippen molar-refractivity contribution in [2.24, 2.45) is 0 Å². The van der Waals surface area contributed by atoms with Gasteiger partial charge in [0, 0.05) is 21.3 Å². The maximum Gasteiger partial charge on any atom is 0.133 e. The van der Waals surface area contributed by atoms with Crippen LogP contribution in [0.3, 0.4) is 0 Å². The second-order valence-corrected chi connectivity index (χ2v) is 5.47. The van der Waals surface area contributed by atoms with Crippen molar-refractivity contribution in [2.75, 3.05) is 11.6 Å². The van der Waals surface area contributed by atoms with Gasteiger partial charge < -0.3 is 5.32 Å². The maximum atomic E-state index is 4.36. The molecule has 0 radical (unpaired) electrons. The first-order chi connectivity index (χ1) is 8.19. The molecule has 2 rings (SSSR count). The van der Waals surface area contributed by atoms with Crippen LogP contribution in [0, 0.1) is 6.92 Å². The summed E-state index contributed by atoms with van der Waals surface area (Å²) >= 11 is 5.14. The number of benzene rings is 1. The van der Waals surface area contributed by atoms with Crippen LogP contribution < -0.4 is 5.32 Å². The number of nitrogens with one attached hydrogen (secondary N) is 1. The minimum absolute atomic E-state index is 0.895. The number of aryl methyl sites for hydroxylation is 1. The standard InChI is InChI=1S/C13H13BrN2S/c1-9-6-10(14)8-15-13(9)16-11-4-3-5-12(7-11)17-2/h3-8H,1-2H3,(H,15,16). The van der Waals surface area contributed by atoms with Gasteiger partial charge in [-0.25, -0.2) is 4.98 Å². The van der Waals surface area contributed by atoms with Crippen molar-refractivity contribution in [1.82, 2.24) is 4.98 Å². The number of pyridine rings is 1. The van der Waals surface area contributed by atoms with Gasteiger partial charge >= 0.3 is 0 Å². The van der Waals surface area contributed by atoms with Crippen LogP contribution in [-0.4, -0.2) is 11.2 Å². The van der Waals surface area contributed by atoms with E-state index in [9.17, 15) is 0 Å². The third kappa shape index (κ3) is 3.23. The molecule has 0 unspecified atom stereocenters. The first-order valence-corrected chi connectivity index (χ1v) is 7.24. The summed E-state index contributed by atoms with van der Waals surface area (Å²) in [7, 11) is 0. The fourth-order valence-corrected chi connectivity index (χ4v) is 2.41. The zero-order valence-electron chi connectivity index (χ0n) is 9.70. The van der Waals surface area contributed by atoms with Gasteiger partial charge in [0.05, 0.1) is 0 Å². The van der Waals surface area contributed by atoms with Gasteiger partial charge in [0.1, 0.15) is 5.82 Å². The lowest BCUT2D eigenvalue weighted by atomic mass is 10.2. The predicted octanol–water partition coefficient (Wildman–Crippen LogP) is 4.62. The smallest absolute Gasteiger partial charge is 0.133 e. The molecule has 2 aromatic rings. The average molecular weight is 309 g/mol. The fraction of sp³-hybridized carbons (Fsp3) is 0.154. The van der Waals surface area contributed by atoms with E-state index in [2.05, 4.69) is 44.6 Å². The number of rotatable bonds is 3. The highest BCUT2D eigenvalue weighted by Gasteiger charge is 2.01. The molecule has 2 nitrogen and oxygen atoms in total. The van der Waals surface area contributed by atoms with Gasteiger partial charge in [0.2, 0.25) is 0 Å². The number of hydrogen-bond acceptors (Lipinski definition) is 3. The van der Waals surface area contributed by atoms with Crippen LogP contribution in [0.5, 0.6) is 0 Å². The Morgan fingerprint density at radius 3 is 2.82 bits per heavy atom. The van der Waals surface area contributed by atoms with Crippen molar-refractivity contribution in [3.05, 3.63) is 46.6 Å². The van der Waals surface area contributed by atoms with E-state index in [0.717, 1.165) is 21.5 Å². The number of thioether (sulfide) groups is 1. The first kappa shape index (κ1) is 12.5. The third-order valence-corrected chi connectivity index (χ3v) is 3.54. The molecule has 1 aromatic heterocycles. The maximum absolute atomic E-state index is 4.36. The van der Waals surface area contributed by atoms with E-state index in [1.807, 2.05) is 25.1 Å². The van der Waals surface area contributed by atoms with E-state index < -0.39 is 0 Å². The van der Waals surface area contributed by atoms with E-state index in [-0.39, 0.29) is 0 Å². The summed E-state index contributed by atoms with van der Waals surface area (Å²) in [4.78, 5) is 5.60. The predicted molar refractivity (Wildman–Crippen MR) is 78.2 cm³/mol. The normalized spacial score (nSPS) is 10.3. The Morgan fingerprint density at radius 2 is 2.12 bits per heavy atom. The van der Waals surface area contributed by atoms with Crippen molar-refractivity contribution in [2.45, 2.75) is 11.8 Å². The van der Waals surface area contributed by atoms with Gasteiger partial charge in [-0.15, -0.1) is 11.8 Å². The summed E-state index contributed by atoms with van der Waals surface area (Å²) in [6, 6.07) is 10.4. The zero-order valence-corrected chi connectivity index (χ0v) is 12.1. The second-order valence-electron chi connectivity index (χ2n) is 3.68. The molecule has 0 aliphatic carbocycles. The Hall–Kier alpha value is -1.00. The van der Waals surface area contributed by atoms with Crippen molar-refractivity contribution in [1.29, 1.82) is 0 Å². The first-order valence-electron chi connectivity index (χ1n) is 5.22. The minimum Gasteiger partial charge on any atom is -0.340 e. The Morgan fingerprint density at radius 1 is 1.29 bits per heavy atom. The molecular formula is C13H13BrN2S. The molecule has 0 spiro atoms. The van der Waals surface area contributed by atoms with Gasteiger partial charge in [-0.05, 0) is 58.9 Å². The number of anilines is 2. The minimum atomic E-state index is 0.895. The molecule has 1 heterocycles. The molecule has 0 atom stereocenters. The highest BCUT2D eigenvalue weighted by Crippen LogP contribution is 2.24. The van der Waals surface area contributed by atoms with Crippen molar-refractivity contribution < 1.29 is 0 Å². The molecule has 1 N–H and O–H groups in total. The summed E-state index contributed by atoms with van der Waals surface area (Å²) in [5.74, 6) is 0.895. The molecule has 1 aromatic carbocycles. The third-order valence-electron chi connectivity index (χ3n) is 2.38. The number of aromatic nitrogens is 1. The molecule has 0 saturated carbocycles. The highest BCUT2D eigenvalue weighted by atomic mass is 79.9. The van der Waals surface area contributed by atoms with E-state index in [1.165, 1.54) is 4.90 Å². The molecular weight excluding hydrogens is 296 g/mol. The van der Waals surface area contributed by atoms with Crippen LogP contribution in [0.25, 0.3) is 0 Å². The molecule has 0 fully saturated rings. The lowest BCUT2D eigenvalue weighted by Gasteiger charge is -2.09. The SMILES string of the molecule is CSc1cccc(Nc2ncc(Br)cc2C)c1. The van der Waals surface area contributed by atoms with Gasteiger partial charge in [-0.3, -0.25) is 0 Å². The quantitative estimate of drug-likeness (QED) is 0.838. The molecule has 88 valence electrons. The summed E-state index contributed by atoms with van der Waals surface area (Å²) in [5.41, 5.74) is 2.18. The summed E-state index contributed by atoms with van der Waals surface area (Å²) < 4.78 is 0.999. The number of halogens is 1. The highest BCUT2D eigenvalue weighted by molar-refractivity contribution is 9.10. The topological polar surface area (TPSA) is 24.9 Å². The van der Waals surface area contributed by atoms with Gasteiger partial charge in [-0.1, -0.05) is 6.07 Å². The van der Waals surface area contributed by atoms with E-state index >= 15 is 0 Å². The summed E-state index contributed by atoms with van der Waals surface area (Å²) in [6.07, 6.45) is 3.87. The molecule has 0 saturated heterocycles. The lowest BCUT2D eigenvalue weighted by molar-refractivity contribution is 1.24. The molecule has 0 bridgehead atoms. The van der Waals surface area contributed by atoms with Crippen LogP contribution in [-0.2, 0) is 0 Å².